The average molecular weight is 816 g/mol. The number of imidazole rings is 1. The van der Waals surface area contributed by atoms with Gasteiger partial charge in [0.1, 0.15) is 18.3 Å². The third-order valence-electron chi connectivity index (χ3n) is 12.9. The van der Waals surface area contributed by atoms with Crippen LogP contribution in [-0.2, 0) is 22.8 Å². The molecule has 4 atom stereocenters. The Morgan fingerprint density at radius 1 is 0.873 bits per heavy atom. The highest BCUT2D eigenvalue weighted by molar-refractivity contribution is 6.75. The molecule has 1 saturated heterocycles. The molecule has 0 radical (unpaired) electrons. The van der Waals surface area contributed by atoms with Gasteiger partial charge in [-0.15, -0.1) is 0 Å². The monoisotopic (exact) mass is 815 g/mol. The van der Waals surface area contributed by atoms with Gasteiger partial charge in [-0.25, -0.2) is 14.5 Å². The van der Waals surface area contributed by atoms with Crippen molar-refractivity contribution in [1.82, 2.24) is 29.3 Å². The molecule has 0 spiro atoms. The van der Waals surface area contributed by atoms with E-state index in [0.717, 1.165) is 25.7 Å². The van der Waals surface area contributed by atoms with E-state index in [9.17, 15) is 4.79 Å². The van der Waals surface area contributed by atoms with Gasteiger partial charge in [0.25, 0.3) is 5.95 Å². The molecule has 55 heavy (non-hydrogen) atoms. The van der Waals surface area contributed by atoms with Gasteiger partial charge in [-0.1, -0.05) is 75.2 Å². The molecular weight excluding hydrogens is 747 g/mol. The van der Waals surface area contributed by atoms with Crippen molar-refractivity contribution in [2.24, 2.45) is 0 Å². The maximum absolute atomic E-state index is 12.6. The molecule has 13 nitrogen and oxygen atoms in total. The number of carbonyl (C=O) groups is 1. The Bertz CT molecular complexity index is 1800. The van der Waals surface area contributed by atoms with Gasteiger partial charge in [-0.3, -0.25) is 4.57 Å². The Balaban J connectivity index is 1.68. The molecule has 0 amide bonds. The molecule has 0 bridgehead atoms. The highest BCUT2D eigenvalue weighted by Crippen LogP contribution is 2.47. The minimum Gasteiger partial charge on any atom is -0.462 e. The SMILES string of the molecule is CCOC(=O)c1cnn(-c2nc(NC3CCCC3)c3ncn([C@@H]4O[C@H](CO[Si](C)(C)C(C)(C)C)[C@@H](O[Si](C)(C)C(C)(C)C)[C@@H]4O[Si](C)(C)C(C)(C)C)c3n2)c1. The summed E-state index contributed by atoms with van der Waals surface area (Å²) >= 11 is 0. The van der Waals surface area contributed by atoms with Gasteiger partial charge in [-0.2, -0.15) is 15.1 Å². The second-order valence-electron chi connectivity index (χ2n) is 20.0. The van der Waals surface area contributed by atoms with Crippen LogP contribution in [0.5, 0.6) is 0 Å². The summed E-state index contributed by atoms with van der Waals surface area (Å²) in [6, 6.07) is 0.264. The molecular formula is C39H69N7O6Si3. The number of nitrogens with one attached hydrogen (secondary N) is 1. The van der Waals surface area contributed by atoms with Crippen molar-refractivity contribution in [1.29, 1.82) is 0 Å². The average Bonchev–Trinajstić information content (AvgIpc) is 3.86. The highest BCUT2D eigenvalue weighted by Gasteiger charge is 2.55. The van der Waals surface area contributed by atoms with E-state index in [4.69, 9.17) is 37.7 Å². The summed E-state index contributed by atoms with van der Waals surface area (Å²) in [5.74, 6) is 0.468. The van der Waals surface area contributed by atoms with Crippen LogP contribution in [0.2, 0.25) is 54.4 Å². The number of carbonyl (C=O) groups excluding carboxylic acids is 1. The van der Waals surface area contributed by atoms with Crippen LogP contribution < -0.4 is 5.32 Å². The minimum atomic E-state index is -2.40. The zero-order valence-electron chi connectivity index (χ0n) is 36.5. The van der Waals surface area contributed by atoms with Gasteiger partial charge < -0.3 is 28.1 Å². The van der Waals surface area contributed by atoms with Crippen molar-refractivity contribution in [3.8, 4) is 5.95 Å². The Kier molecular flexibility index (Phi) is 12.5. The van der Waals surface area contributed by atoms with Crippen LogP contribution in [-0.4, -0.2) is 97.8 Å². The fourth-order valence-electron chi connectivity index (χ4n) is 6.18. The lowest BCUT2D eigenvalue weighted by Crippen LogP contribution is -2.54. The maximum Gasteiger partial charge on any atom is 0.341 e. The Morgan fingerprint density at radius 2 is 1.45 bits per heavy atom. The molecule has 1 aliphatic heterocycles. The van der Waals surface area contributed by atoms with Gasteiger partial charge in [0.05, 0.1) is 31.3 Å². The minimum absolute atomic E-state index is 0.0219. The quantitative estimate of drug-likeness (QED) is 0.131. The number of nitrogens with zero attached hydrogens (tertiary/aromatic N) is 6. The molecule has 2 fully saturated rings. The zero-order valence-corrected chi connectivity index (χ0v) is 39.5. The van der Waals surface area contributed by atoms with Gasteiger partial charge >= 0.3 is 5.97 Å². The number of hydrogen-bond acceptors (Lipinski definition) is 11. The molecule has 1 aliphatic carbocycles. The van der Waals surface area contributed by atoms with Crippen LogP contribution in [0.3, 0.4) is 0 Å². The lowest BCUT2D eigenvalue weighted by atomic mass is 10.1. The van der Waals surface area contributed by atoms with Crippen molar-refractivity contribution in [3.63, 3.8) is 0 Å². The van der Waals surface area contributed by atoms with Crippen molar-refractivity contribution in [2.75, 3.05) is 18.5 Å². The predicted octanol–water partition coefficient (Wildman–Crippen LogP) is 9.24. The van der Waals surface area contributed by atoms with Crippen LogP contribution in [0.15, 0.2) is 18.7 Å². The van der Waals surface area contributed by atoms with E-state index >= 15 is 0 Å². The fourth-order valence-corrected chi connectivity index (χ4v) is 9.80. The number of aromatic nitrogens is 6. The summed E-state index contributed by atoms with van der Waals surface area (Å²) in [7, 11) is -6.91. The number of esters is 1. The van der Waals surface area contributed by atoms with E-state index in [-0.39, 0.29) is 27.8 Å². The third-order valence-corrected chi connectivity index (χ3v) is 26.3. The topological polar surface area (TPSA) is 137 Å². The number of rotatable bonds is 13. The summed E-state index contributed by atoms with van der Waals surface area (Å²) in [4.78, 5) is 27.6. The Labute approximate surface area is 332 Å². The molecule has 0 aromatic carbocycles. The van der Waals surface area contributed by atoms with Crippen molar-refractivity contribution in [2.45, 2.75) is 180 Å². The number of ether oxygens (including phenoxy) is 2. The van der Waals surface area contributed by atoms with Crippen LogP contribution in [0.4, 0.5) is 5.82 Å². The first-order valence-electron chi connectivity index (χ1n) is 20.1. The molecule has 5 rings (SSSR count). The summed E-state index contributed by atoms with van der Waals surface area (Å²) in [6.07, 6.45) is 7.37. The molecule has 2 aliphatic rings. The van der Waals surface area contributed by atoms with Crippen LogP contribution >= 0.6 is 0 Å². The molecule has 308 valence electrons. The summed E-state index contributed by atoms with van der Waals surface area (Å²) in [6.45, 7) is 36.4. The summed E-state index contributed by atoms with van der Waals surface area (Å²) < 4.78 is 37.7. The van der Waals surface area contributed by atoms with Crippen LogP contribution in [0.25, 0.3) is 17.1 Å². The van der Waals surface area contributed by atoms with E-state index < -0.39 is 55.5 Å². The lowest BCUT2D eigenvalue weighted by molar-refractivity contribution is -0.0470. The molecule has 16 heteroatoms. The normalized spacial score (nSPS) is 22.2. The van der Waals surface area contributed by atoms with Crippen LogP contribution in [0.1, 0.15) is 112 Å². The maximum atomic E-state index is 12.6. The first-order valence-corrected chi connectivity index (χ1v) is 28.9. The standard InChI is InChI=1S/C39H69N7O6Si3/c1-17-48-35(47)26-22-41-46(23-26)36-43-32(42-27-20-18-19-21-27)29-33(44-36)45(25-40-29)34-31(52-55(15,16)39(8,9)10)30(51-54(13,14)38(5,6)7)28(50-34)24-49-53(11,12)37(2,3)4/h22-23,25,27-28,30-31,34H,17-21,24H2,1-16H3,(H,42,43,44)/t28-,30-,31+,34-/m1/s1. The van der Waals surface area contributed by atoms with Crippen molar-refractivity contribution < 1.29 is 27.5 Å². The fraction of sp³-hybridized carbons (Fsp3) is 0.769. The second kappa shape index (κ2) is 15.7. The Morgan fingerprint density at radius 3 is 2.02 bits per heavy atom. The summed E-state index contributed by atoms with van der Waals surface area (Å²) in [5, 5.41) is 8.06. The second-order valence-corrected chi connectivity index (χ2v) is 34.4. The van der Waals surface area contributed by atoms with Gasteiger partial charge in [-0.05, 0) is 74.2 Å². The number of hydrogen-bond donors (Lipinski definition) is 1. The van der Waals surface area contributed by atoms with Crippen LogP contribution in [0, 0.1) is 0 Å². The first kappa shape index (κ1) is 43.6. The van der Waals surface area contributed by atoms with Gasteiger partial charge in [0.15, 0.2) is 48.2 Å². The van der Waals surface area contributed by atoms with E-state index in [2.05, 4.69) is 112 Å². The van der Waals surface area contributed by atoms with E-state index in [1.807, 2.05) is 4.57 Å². The Hall–Kier alpha value is -2.48. The molecule has 1 saturated carbocycles. The smallest absolute Gasteiger partial charge is 0.341 e. The first-order chi connectivity index (χ1) is 25.3. The molecule has 0 unspecified atom stereocenters. The van der Waals surface area contributed by atoms with Crippen molar-refractivity contribution in [3.05, 3.63) is 24.3 Å². The van der Waals surface area contributed by atoms with Gasteiger partial charge in [0.2, 0.25) is 0 Å². The van der Waals surface area contributed by atoms with Crippen molar-refractivity contribution >= 4 is 47.9 Å². The molecule has 3 aromatic heterocycles. The predicted molar refractivity (Wildman–Crippen MR) is 225 cm³/mol. The van der Waals surface area contributed by atoms with E-state index in [0.29, 0.717) is 35.1 Å². The number of fused-ring (bicyclic) bond motifs is 1. The zero-order chi connectivity index (χ0) is 40.9. The molecule has 1 N–H and O–H groups in total. The van der Waals surface area contributed by atoms with Gasteiger partial charge in [0, 0.05) is 12.2 Å². The third kappa shape index (κ3) is 9.31. The van der Waals surface area contributed by atoms with E-state index in [1.165, 1.54) is 10.9 Å². The van der Waals surface area contributed by atoms with E-state index in [1.54, 1.807) is 19.4 Å². The number of anilines is 1. The largest absolute Gasteiger partial charge is 0.462 e. The highest BCUT2D eigenvalue weighted by atomic mass is 28.4. The summed E-state index contributed by atoms with van der Waals surface area (Å²) in [5.41, 5.74) is 1.53. The lowest BCUT2D eigenvalue weighted by Gasteiger charge is -2.44. The molecule has 3 aromatic rings. The molecule has 4 heterocycles.